The first-order valence-corrected chi connectivity index (χ1v) is 7.01. The van der Waals surface area contributed by atoms with Crippen LogP contribution in [-0.2, 0) is 4.74 Å². The van der Waals surface area contributed by atoms with E-state index in [1.807, 2.05) is 0 Å². The molecular weight excluding hydrogens is 184 g/mol. The quantitative estimate of drug-likeness (QED) is 0.509. The van der Waals surface area contributed by atoms with Crippen molar-refractivity contribution in [3.63, 3.8) is 0 Å². The topological polar surface area (TPSA) is 9.23 Å². The molecule has 1 fully saturated rings. The highest BCUT2D eigenvalue weighted by Gasteiger charge is 2.14. The molecule has 0 saturated carbocycles. The van der Waals surface area contributed by atoms with Gasteiger partial charge in [-0.15, -0.1) is 0 Å². The zero-order chi connectivity index (χ0) is 10.8. The Balaban J connectivity index is 1.73. The van der Waals surface area contributed by atoms with Crippen LogP contribution in [0.4, 0.5) is 0 Å². The molecule has 1 saturated heterocycles. The fraction of sp³-hybridized carbons (Fsp3) is 1.00. The van der Waals surface area contributed by atoms with Gasteiger partial charge in [0.15, 0.2) is 0 Å². The van der Waals surface area contributed by atoms with Crippen LogP contribution in [0, 0.1) is 5.92 Å². The van der Waals surface area contributed by atoms with E-state index in [0.717, 1.165) is 19.1 Å². The highest BCUT2D eigenvalue weighted by Crippen LogP contribution is 2.20. The first-order valence-electron chi connectivity index (χ1n) is 7.01. The van der Waals surface area contributed by atoms with Crippen LogP contribution < -0.4 is 0 Å². The third kappa shape index (κ3) is 6.94. The number of hydrogen-bond donors (Lipinski definition) is 0. The van der Waals surface area contributed by atoms with Crippen molar-refractivity contribution >= 4 is 0 Å². The van der Waals surface area contributed by atoms with Crippen molar-refractivity contribution in [2.24, 2.45) is 5.92 Å². The second-order valence-corrected chi connectivity index (χ2v) is 4.99. The summed E-state index contributed by atoms with van der Waals surface area (Å²) in [6.07, 6.45) is 14.2. The molecule has 1 heteroatoms. The molecule has 15 heavy (non-hydrogen) atoms. The predicted octanol–water partition coefficient (Wildman–Crippen LogP) is 4.55. The minimum Gasteiger partial charge on any atom is -0.381 e. The summed E-state index contributed by atoms with van der Waals surface area (Å²) < 4.78 is 5.38. The van der Waals surface area contributed by atoms with E-state index in [1.54, 1.807) is 0 Å². The molecule has 0 amide bonds. The molecule has 0 aliphatic carbocycles. The van der Waals surface area contributed by atoms with Crippen molar-refractivity contribution in [3.8, 4) is 0 Å². The normalized spacial score (nSPS) is 21.0. The highest BCUT2D eigenvalue weighted by molar-refractivity contribution is 4.63. The summed E-state index contributed by atoms with van der Waals surface area (Å²) in [6, 6.07) is 0. The maximum atomic E-state index is 5.38. The number of hydrogen-bond acceptors (Lipinski definition) is 1. The van der Waals surface area contributed by atoms with Crippen molar-refractivity contribution < 1.29 is 4.74 Å². The summed E-state index contributed by atoms with van der Waals surface area (Å²) in [4.78, 5) is 0. The van der Waals surface area contributed by atoms with Crippen LogP contribution in [0.25, 0.3) is 0 Å². The van der Waals surface area contributed by atoms with Crippen molar-refractivity contribution in [1.82, 2.24) is 0 Å². The molecule has 0 bridgehead atoms. The van der Waals surface area contributed by atoms with Gasteiger partial charge in [-0.2, -0.15) is 0 Å². The maximum absolute atomic E-state index is 5.38. The van der Waals surface area contributed by atoms with E-state index in [4.69, 9.17) is 4.74 Å². The SMILES string of the molecule is CCCCCCCCCCC1CCOC1. The lowest BCUT2D eigenvalue weighted by atomic mass is 9.99. The fourth-order valence-electron chi connectivity index (χ4n) is 2.38. The Hall–Kier alpha value is -0.0400. The van der Waals surface area contributed by atoms with Crippen LogP contribution in [0.5, 0.6) is 0 Å². The lowest BCUT2D eigenvalue weighted by molar-refractivity contribution is 0.183. The first kappa shape index (κ1) is 13.0. The summed E-state index contributed by atoms with van der Waals surface area (Å²) >= 11 is 0. The molecule has 0 aromatic carbocycles. The fourth-order valence-corrected chi connectivity index (χ4v) is 2.38. The smallest absolute Gasteiger partial charge is 0.0495 e. The molecule has 1 unspecified atom stereocenters. The summed E-state index contributed by atoms with van der Waals surface area (Å²) in [6.45, 7) is 4.34. The van der Waals surface area contributed by atoms with Gasteiger partial charge in [-0.1, -0.05) is 58.3 Å². The molecule has 0 spiro atoms. The zero-order valence-corrected chi connectivity index (χ0v) is 10.5. The molecule has 0 aromatic heterocycles. The summed E-state index contributed by atoms with van der Waals surface area (Å²) in [5.41, 5.74) is 0. The summed E-state index contributed by atoms with van der Waals surface area (Å²) in [7, 11) is 0. The van der Waals surface area contributed by atoms with Crippen LogP contribution in [-0.4, -0.2) is 13.2 Å². The number of unbranched alkanes of at least 4 members (excludes halogenated alkanes) is 7. The average Bonchev–Trinajstić information content (AvgIpc) is 2.75. The van der Waals surface area contributed by atoms with Crippen molar-refractivity contribution in [3.05, 3.63) is 0 Å². The van der Waals surface area contributed by atoms with E-state index < -0.39 is 0 Å². The van der Waals surface area contributed by atoms with Crippen molar-refractivity contribution in [1.29, 1.82) is 0 Å². The molecule has 1 heterocycles. The molecule has 90 valence electrons. The zero-order valence-electron chi connectivity index (χ0n) is 10.5. The van der Waals surface area contributed by atoms with Gasteiger partial charge in [0.25, 0.3) is 0 Å². The van der Waals surface area contributed by atoms with E-state index in [0.29, 0.717) is 0 Å². The van der Waals surface area contributed by atoms with Gasteiger partial charge in [-0.05, 0) is 18.8 Å². The minimum atomic E-state index is 0.894. The van der Waals surface area contributed by atoms with E-state index in [-0.39, 0.29) is 0 Å². The van der Waals surface area contributed by atoms with Gasteiger partial charge in [-0.25, -0.2) is 0 Å². The molecule has 1 atom stereocenters. The van der Waals surface area contributed by atoms with Gasteiger partial charge in [-0.3, -0.25) is 0 Å². The van der Waals surface area contributed by atoms with E-state index in [2.05, 4.69) is 6.92 Å². The second-order valence-electron chi connectivity index (χ2n) is 4.99. The first-order chi connectivity index (χ1) is 7.43. The maximum Gasteiger partial charge on any atom is 0.0495 e. The molecule has 0 N–H and O–H groups in total. The monoisotopic (exact) mass is 212 g/mol. The molecule has 1 nitrogen and oxygen atoms in total. The Morgan fingerprint density at radius 2 is 1.60 bits per heavy atom. The third-order valence-electron chi connectivity index (χ3n) is 3.49. The van der Waals surface area contributed by atoms with Gasteiger partial charge in [0.1, 0.15) is 0 Å². The lowest BCUT2D eigenvalue weighted by Gasteiger charge is -2.06. The summed E-state index contributed by atoms with van der Waals surface area (Å²) in [5.74, 6) is 0.894. The third-order valence-corrected chi connectivity index (χ3v) is 3.49. The Kier molecular flexibility index (Phi) is 7.99. The molecule has 0 radical (unpaired) electrons. The van der Waals surface area contributed by atoms with Gasteiger partial charge >= 0.3 is 0 Å². The van der Waals surface area contributed by atoms with E-state index in [1.165, 1.54) is 64.2 Å². The Morgan fingerprint density at radius 3 is 2.20 bits per heavy atom. The van der Waals surface area contributed by atoms with E-state index >= 15 is 0 Å². The molecular formula is C14H28O. The van der Waals surface area contributed by atoms with Crippen LogP contribution in [0.2, 0.25) is 0 Å². The predicted molar refractivity (Wildman–Crippen MR) is 66.2 cm³/mol. The number of ether oxygens (including phenoxy) is 1. The Labute approximate surface area is 95.6 Å². The van der Waals surface area contributed by atoms with Crippen molar-refractivity contribution in [2.45, 2.75) is 71.1 Å². The van der Waals surface area contributed by atoms with Gasteiger partial charge < -0.3 is 4.74 Å². The molecule has 0 aromatic rings. The standard InChI is InChI=1S/C14H28O/c1-2-3-4-5-6-7-8-9-10-14-11-12-15-13-14/h14H,2-13H2,1H3. The van der Waals surface area contributed by atoms with Crippen LogP contribution in [0.1, 0.15) is 71.1 Å². The van der Waals surface area contributed by atoms with E-state index in [9.17, 15) is 0 Å². The van der Waals surface area contributed by atoms with Crippen LogP contribution >= 0.6 is 0 Å². The second kappa shape index (κ2) is 9.21. The van der Waals surface area contributed by atoms with Crippen molar-refractivity contribution in [2.75, 3.05) is 13.2 Å². The number of rotatable bonds is 9. The molecule has 1 aliphatic heterocycles. The Bertz CT molecular complexity index is 127. The highest BCUT2D eigenvalue weighted by atomic mass is 16.5. The summed E-state index contributed by atoms with van der Waals surface area (Å²) in [5, 5.41) is 0. The van der Waals surface area contributed by atoms with Crippen LogP contribution in [0.3, 0.4) is 0 Å². The van der Waals surface area contributed by atoms with Gasteiger partial charge in [0.05, 0.1) is 0 Å². The molecule has 1 aliphatic rings. The average molecular weight is 212 g/mol. The molecule has 1 rings (SSSR count). The van der Waals surface area contributed by atoms with Crippen LogP contribution in [0.15, 0.2) is 0 Å². The lowest BCUT2D eigenvalue weighted by Crippen LogP contribution is -1.98. The largest absolute Gasteiger partial charge is 0.381 e. The Morgan fingerprint density at radius 1 is 0.933 bits per heavy atom. The van der Waals surface area contributed by atoms with Gasteiger partial charge in [0, 0.05) is 13.2 Å². The minimum absolute atomic E-state index is 0.894. The van der Waals surface area contributed by atoms with Gasteiger partial charge in [0.2, 0.25) is 0 Å².